The van der Waals surface area contributed by atoms with E-state index in [1.165, 1.54) is 37.7 Å². The second-order valence-electron chi connectivity index (χ2n) is 4.50. The summed E-state index contributed by atoms with van der Waals surface area (Å²) in [6.45, 7) is 2.86. The quantitative estimate of drug-likeness (QED) is 0.864. The summed E-state index contributed by atoms with van der Waals surface area (Å²) in [6, 6.07) is 11.4. The minimum Gasteiger partial charge on any atom is -0.326 e. The molecule has 0 heterocycles. The first-order valence-corrected chi connectivity index (χ1v) is 7.13. The van der Waals surface area contributed by atoms with Gasteiger partial charge in [-0.05, 0) is 49.4 Å². The molecule has 0 saturated carbocycles. The molecule has 21 heavy (non-hydrogen) atoms. The molecule has 0 spiro atoms. The van der Waals surface area contributed by atoms with Gasteiger partial charge in [-0.1, -0.05) is 11.8 Å². The molecular weight excluding hydrogens is 289 g/mol. The third kappa shape index (κ3) is 4.16. The van der Waals surface area contributed by atoms with E-state index in [0.717, 1.165) is 4.90 Å². The second kappa shape index (κ2) is 6.54. The molecule has 0 unspecified atom stereocenters. The summed E-state index contributed by atoms with van der Waals surface area (Å²) in [7, 11) is 0. The molecular formula is C16H14FNO2S. The Morgan fingerprint density at radius 2 is 1.71 bits per heavy atom. The van der Waals surface area contributed by atoms with Crippen LogP contribution >= 0.6 is 11.8 Å². The molecule has 108 valence electrons. The normalized spacial score (nSPS) is 10.2. The highest BCUT2D eigenvalue weighted by molar-refractivity contribution is 7.99. The monoisotopic (exact) mass is 303 g/mol. The number of carbonyl (C=O) groups is 2. The van der Waals surface area contributed by atoms with Crippen molar-refractivity contribution in [1.29, 1.82) is 0 Å². The molecule has 0 aliphatic heterocycles. The predicted molar refractivity (Wildman–Crippen MR) is 81.3 cm³/mol. The molecule has 5 heteroatoms. The molecule has 0 aliphatic carbocycles. The van der Waals surface area contributed by atoms with Gasteiger partial charge in [-0.25, -0.2) is 4.39 Å². The van der Waals surface area contributed by atoms with Crippen LogP contribution in [0.3, 0.4) is 0 Å². The van der Waals surface area contributed by atoms with Crippen molar-refractivity contribution < 1.29 is 14.0 Å². The molecule has 0 aliphatic rings. The minimum absolute atomic E-state index is 0.132. The van der Waals surface area contributed by atoms with E-state index in [2.05, 4.69) is 5.32 Å². The standard InChI is InChI=1S/C16H14FNO2S/c1-10(19)15-9-12(17)3-8-16(15)21-14-6-4-13(5-7-14)18-11(2)20/h3-9H,1-2H3,(H,18,20). The fraction of sp³-hybridized carbons (Fsp3) is 0.125. The lowest BCUT2D eigenvalue weighted by atomic mass is 10.1. The number of hydrogen-bond donors (Lipinski definition) is 1. The van der Waals surface area contributed by atoms with Crippen LogP contribution in [0.25, 0.3) is 0 Å². The van der Waals surface area contributed by atoms with Gasteiger partial charge in [-0.15, -0.1) is 0 Å². The zero-order valence-electron chi connectivity index (χ0n) is 11.6. The Kier molecular flexibility index (Phi) is 4.75. The highest BCUT2D eigenvalue weighted by Crippen LogP contribution is 2.31. The molecule has 1 N–H and O–H groups in total. The zero-order chi connectivity index (χ0) is 15.4. The van der Waals surface area contributed by atoms with Crippen molar-refractivity contribution in [3.05, 3.63) is 53.8 Å². The van der Waals surface area contributed by atoms with Gasteiger partial charge in [0.05, 0.1) is 0 Å². The Morgan fingerprint density at radius 3 is 2.29 bits per heavy atom. The van der Waals surface area contributed by atoms with Crippen LogP contribution in [-0.4, -0.2) is 11.7 Å². The summed E-state index contributed by atoms with van der Waals surface area (Å²) in [5, 5.41) is 2.68. The third-order valence-electron chi connectivity index (χ3n) is 2.72. The average molecular weight is 303 g/mol. The molecule has 0 atom stereocenters. The minimum atomic E-state index is -0.425. The Hall–Kier alpha value is -2.14. The molecule has 0 saturated heterocycles. The molecule has 0 radical (unpaired) electrons. The maximum Gasteiger partial charge on any atom is 0.221 e. The molecule has 1 amide bonds. The van der Waals surface area contributed by atoms with Crippen molar-refractivity contribution >= 4 is 29.1 Å². The van der Waals surface area contributed by atoms with Crippen molar-refractivity contribution in [3.8, 4) is 0 Å². The summed E-state index contributed by atoms with van der Waals surface area (Å²) in [4.78, 5) is 24.1. The maximum atomic E-state index is 13.2. The molecule has 0 bridgehead atoms. The van der Waals surface area contributed by atoms with E-state index >= 15 is 0 Å². The summed E-state index contributed by atoms with van der Waals surface area (Å²) in [5.74, 6) is -0.731. The third-order valence-corrected chi connectivity index (χ3v) is 3.81. The van der Waals surface area contributed by atoms with Crippen molar-refractivity contribution in [2.75, 3.05) is 5.32 Å². The fourth-order valence-corrected chi connectivity index (χ4v) is 2.78. The topological polar surface area (TPSA) is 46.2 Å². The zero-order valence-corrected chi connectivity index (χ0v) is 12.5. The molecule has 0 fully saturated rings. The number of amides is 1. The van der Waals surface area contributed by atoms with Gasteiger partial charge in [-0.2, -0.15) is 0 Å². The number of rotatable bonds is 4. The van der Waals surface area contributed by atoms with Gasteiger partial charge in [-0.3, -0.25) is 9.59 Å². The highest BCUT2D eigenvalue weighted by Gasteiger charge is 2.10. The smallest absolute Gasteiger partial charge is 0.221 e. The van der Waals surface area contributed by atoms with E-state index in [0.29, 0.717) is 16.1 Å². The van der Waals surface area contributed by atoms with Crippen molar-refractivity contribution in [3.63, 3.8) is 0 Å². The Labute approximate surface area is 126 Å². The van der Waals surface area contributed by atoms with Gasteiger partial charge in [0.25, 0.3) is 0 Å². The number of halogens is 1. The Bertz CT molecular complexity index is 683. The summed E-state index contributed by atoms with van der Waals surface area (Å²) in [5.41, 5.74) is 1.07. The lowest BCUT2D eigenvalue weighted by molar-refractivity contribution is -0.114. The molecule has 2 rings (SSSR count). The van der Waals surface area contributed by atoms with E-state index in [9.17, 15) is 14.0 Å². The number of carbonyl (C=O) groups excluding carboxylic acids is 2. The fourth-order valence-electron chi connectivity index (χ4n) is 1.80. The van der Waals surface area contributed by atoms with E-state index in [1.54, 1.807) is 18.2 Å². The van der Waals surface area contributed by atoms with Crippen molar-refractivity contribution in [2.45, 2.75) is 23.6 Å². The number of hydrogen-bond acceptors (Lipinski definition) is 3. The summed E-state index contributed by atoms with van der Waals surface area (Å²) >= 11 is 1.38. The van der Waals surface area contributed by atoms with Crippen LogP contribution in [0, 0.1) is 5.82 Å². The van der Waals surface area contributed by atoms with E-state index < -0.39 is 5.82 Å². The van der Waals surface area contributed by atoms with Crippen LogP contribution in [0.5, 0.6) is 0 Å². The SMILES string of the molecule is CC(=O)Nc1ccc(Sc2ccc(F)cc2C(C)=O)cc1. The number of nitrogens with one attached hydrogen (secondary N) is 1. The van der Waals surface area contributed by atoms with Gasteiger partial charge >= 0.3 is 0 Å². The molecule has 2 aromatic rings. The summed E-state index contributed by atoms with van der Waals surface area (Å²) in [6.07, 6.45) is 0. The predicted octanol–water partition coefficient (Wildman–Crippen LogP) is 4.14. The van der Waals surface area contributed by atoms with Gasteiger partial charge < -0.3 is 5.32 Å². The number of anilines is 1. The first-order valence-electron chi connectivity index (χ1n) is 6.31. The number of Topliss-reactive ketones (excluding diaryl/α,β-unsaturated/α-hetero) is 1. The van der Waals surface area contributed by atoms with Gasteiger partial charge in [0.1, 0.15) is 5.82 Å². The first kappa shape index (κ1) is 15.3. The van der Waals surface area contributed by atoms with E-state index in [4.69, 9.17) is 0 Å². The average Bonchev–Trinajstić information content (AvgIpc) is 2.42. The number of ketones is 1. The maximum absolute atomic E-state index is 13.2. The van der Waals surface area contributed by atoms with E-state index in [1.807, 2.05) is 12.1 Å². The lowest BCUT2D eigenvalue weighted by Gasteiger charge is -2.08. The molecule has 0 aromatic heterocycles. The van der Waals surface area contributed by atoms with Gasteiger partial charge in [0.2, 0.25) is 5.91 Å². The largest absolute Gasteiger partial charge is 0.326 e. The summed E-state index contributed by atoms with van der Waals surface area (Å²) < 4.78 is 13.2. The van der Waals surface area contributed by atoms with Crippen LogP contribution in [-0.2, 0) is 4.79 Å². The first-order chi connectivity index (χ1) is 9.95. The van der Waals surface area contributed by atoms with Crippen LogP contribution in [0.2, 0.25) is 0 Å². The number of benzene rings is 2. The Balaban J connectivity index is 2.22. The van der Waals surface area contributed by atoms with Gasteiger partial charge in [0.15, 0.2) is 5.78 Å². The van der Waals surface area contributed by atoms with Gasteiger partial charge in [0, 0.05) is 28.0 Å². The lowest BCUT2D eigenvalue weighted by Crippen LogP contribution is -2.05. The van der Waals surface area contributed by atoms with Crippen molar-refractivity contribution in [2.24, 2.45) is 0 Å². The van der Waals surface area contributed by atoms with Crippen LogP contribution in [0.1, 0.15) is 24.2 Å². The van der Waals surface area contributed by atoms with E-state index in [-0.39, 0.29) is 11.7 Å². The van der Waals surface area contributed by atoms with Crippen LogP contribution in [0.4, 0.5) is 10.1 Å². The highest BCUT2D eigenvalue weighted by atomic mass is 32.2. The van der Waals surface area contributed by atoms with Crippen LogP contribution < -0.4 is 5.32 Å². The van der Waals surface area contributed by atoms with Crippen molar-refractivity contribution in [1.82, 2.24) is 0 Å². The van der Waals surface area contributed by atoms with Crippen LogP contribution in [0.15, 0.2) is 52.3 Å². The Morgan fingerprint density at radius 1 is 1.05 bits per heavy atom. The molecule has 2 aromatic carbocycles. The molecule has 3 nitrogen and oxygen atoms in total. The second-order valence-corrected chi connectivity index (χ2v) is 5.62.